The fraction of sp³-hybridized carbons (Fsp3) is 0.889. The van der Waals surface area contributed by atoms with Gasteiger partial charge in [-0.3, -0.25) is 4.21 Å². The molecule has 3 heteroatoms. The van der Waals surface area contributed by atoms with Crippen LogP contribution in [0.2, 0.25) is 0 Å². The molecule has 12 heavy (non-hydrogen) atoms. The van der Waals surface area contributed by atoms with E-state index in [4.69, 9.17) is 0 Å². The van der Waals surface area contributed by atoms with E-state index in [1.54, 1.807) is 6.92 Å². The molecule has 1 unspecified atom stereocenters. The molecule has 0 aromatic rings. The predicted molar refractivity (Wildman–Crippen MR) is 52.7 cm³/mol. The van der Waals surface area contributed by atoms with Crippen molar-refractivity contribution >= 4 is 16.6 Å². The lowest BCUT2D eigenvalue weighted by atomic mass is 10.2. The van der Waals surface area contributed by atoms with Crippen LogP contribution in [0.5, 0.6) is 0 Å². The zero-order chi connectivity index (χ0) is 9.78. The SMILES string of the molecule is CC(=O)CCCS(=O)C(C)(C)C. The van der Waals surface area contributed by atoms with E-state index >= 15 is 0 Å². The molecule has 2 nitrogen and oxygen atoms in total. The Bertz CT molecular complexity index is 179. The minimum absolute atomic E-state index is 0.142. The Hall–Kier alpha value is -0.180. The van der Waals surface area contributed by atoms with Crippen LogP contribution in [-0.4, -0.2) is 20.5 Å². The van der Waals surface area contributed by atoms with E-state index in [-0.39, 0.29) is 10.5 Å². The Balaban J connectivity index is 3.66. The van der Waals surface area contributed by atoms with Crippen LogP contribution in [0.25, 0.3) is 0 Å². The van der Waals surface area contributed by atoms with E-state index < -0.39 is 10.8 Å². The average Bonchev–Trinajstić information content (AvgIpc) is 1.84. The van der Waals surface area contributed by atoms with Crippen molar-refractivity contribution in [2.75, 3.05) is 5.75 Å². The van der Waals surface area contributed by atoms with Crippen LogP contribution in [0.4, 0.5) is 0 Å². The van der Waals surface area contributed by atoms with Crippen LogP contribution in [0.3, 0.4) is 0 Å². The third-order valence-corrected chi connectivity index (χ3v) is 3.57. The number of carbonyl (C=O) groups excluding carboxylic acids is 1. The average molecular weight is 190 g/mol. The maximum Gasteiger partial charge on any atom is 0.129 e. The fourth-order valence-corrected chi connectivity index (χ4v) is 1.78. The molecule has 0 radical (unpaired) electrons. The van der Waals surface area contributed by atoms with E-state index in [0.717, 1.165) is 6.42 Å². The van der Waals surface area contributed by atoms with Gasteiger partial charge in [0.25, 0.3) is 0 Å². The molecule has 0 rings (SSSR count). The molecule has 0 saturated carbocycles. The summed E-state index contributed by atoms with van der Waals surface area (Å²) < 4.78 is 11.3. The highest BCUT2D eigenvalue weighted by Gasteiger charge is 2.18. The molecule has 0 saturated heterocycles. The lowest BCUT2D eigenvalue weighted by molar-refractivity contribution is -0.117. The van der Waals surface area contributed by atoms with Gasteiger partial charge in [0.2, 0.25) is 0 Å². The van der Waals surface area contributed by atoms with E-state index in [1.807, 2.05) is 20.8 Å². The molecule has 0 spiro atoms. The van der Waals surface area contributed by atoms with E-state index in [9.17, 15) is 9.00 Å². The van der Waals surface area contributed by atoms with Crippen LogP contribution >= 0.6 is 0 Å². The lowest BCUT2D eigenvalue weighted by Gasteiger charge is -2.16. The first-order valence-electron chi connectivity index (χ1n) is 4.22. The van der Waals surface area contributed by atoms with Gasteiger partial charge < -0.3 is 4.79 Å². The van der Waals surface area contributed by atoms with Gasteiger partial charge in [0.1, 0.15) is 5.78 Å². The highest BCUT2D eigenvalue weighted by molar-refractivity contribution is 7.86. The van der Waals surface area contributed by atoms with Crippen molar-refractivity contribution in [2.24, 2.45) is 0 Å². The van der Waals surface area contributed by atoms with Crippen LogP contribution < -0.4 is 0 Å². The summed E-state index contributed by atoms with van der Waals surface area (Å²) in [5.74, 6) is 0.823. The Morgan fingerprint density at radius 2 is 1.83 bits per heavy atom. The molecule has 0 heterocycles. The minimum Gasteiger partial charge on any atom is -0.300 e. The number of ketones is 1. The number of hydrogen-bond donors (Lipinski definition) is 0. The van der Waals surface area contributed by atoms with Gasteiger partial charge in [-0.25, -0.2) is 0 Å². The van der Waals surface area contributed by atoms with Crippen molar-refractivity contribution < 1.29 is 9.00 Å². The van der Waals surface area contributed by atoms with Crippen LogP contribution in [0.1, 0.15) is 40.5 Å². The summed E-state index contributed by atoms with van der Waals surface area (Å²) in [4.78, 5) is 10.6. The van der Waals surface area contributed by atoms with E-state index in [1.165, 1.54) is 0 Å². The van der Waals surface area contributed by atoms with Gasteiger partial charge in [0, 0.05) is 27.7 Å². The number of carbonyl (C=O) groups is 1. The second kappa shape index (κ2) is 4.75. The molecule has 0 aliphatic rings. The zero-order valence-electron chi connectivity index (χ0n) is 8.35. The Kier molecular flexibility index (Phi) is 4.68. The summed E-state index contributed by atoms with van der Waals surface area (Å²) >= 11 is 0. The fourth-order valence-electron chi connectivity index (χ4n) is 0.758. The molecule has 0 bridgehead atoms. The third kappa shape index (κ3) is 5.47. The normalized spacial score (nSPS) is 14.3. The van der Waals surface area contributed by atoms with Gasteiger partial charge in [-0.1, -0.05) is 0 Å². The second-order valence-corrected chi connectivity index (χ2v) is 6.29. The number of hydrogen-bond acceptors (Lipinski definition) is 2. The lowest BCUT2D eigenvalue weighted by Crippen LogP contribution is -2.24. The topological polar surface area (TPSA) is 34.1 Å². The standard InChI is InChI=1S/C9H18O2S/c1-8(10)6-5-7-12(11)9(2,3)4/h5-7H2,1-4H3. The molecule has 0 aromatic heterocycles. The van der Waals surface area contributed by atoms with Crippen molar-refractivity contribution in [3.8, 4) is 0 Å². The van der Waals surface area contributed by atoms with Gasteiger partial charge in [0.05, 0.1) is 0 Å². The van der Waals surface area contributed by atoms with Crippen molar-refractivity contribution in [3.05, 3.63) is 0 Å². The summed E-state index contributed by atoms with van der Waals surface area (Å²) in [7, 11) is -0.806. The Morgan fingerprint density at radius 3 is 2.17 bits per heavy atom. The third-order valence-electron chi connectivity index (χ3n) is 1.54. The van der Waals surface area contributed by atoms with Crippen molar-refractivity contribution in [1.82, 2.24) is 0 Å². The maximum absolute atomic E-state index is 11.4. The van der Waals surface area contributed by atoms with Gasteiger partial charge in [-0.2, -0.15) is 0 Å². The highest BCUT2D eigenvalue weighted by Crippen LogP contribution is 2.12. The number of Topliss-reactive ketones (excluding diaryl/α,β-unsaturated/α-hetero) is 1. The van der Waals surface area contributed by atoms with Gasteiger partial charge in [-0.05, 0) is 34.1 Å². The van der Waals surface area contributed by atoms with Gasteiger partial charge in [0.15, 0.2) is 0 Å². The Morgan fingerprint density at radius 1 is 1.33 bits per heavy atom. The molecule has 0 aliphatic carbocycles. The van der Waals surface area contributed by atoms with Crippen molar-refractivity contribution in [1.29, 1.82) is 0 Å². The van der Waals surface area contributed by atoms with Crippen molar-refractivity contribution in [2.45, 2.75) is 45.3 Å². The maximum atomic E-state index is 11.4. The second-order valence-electron chi connectivity index (χ2n) is 3.97. The van der Waals surface area contributed by atoms with Gasteiger partial charge >= 0.3 is 0 Å². The molecule has 0 aliphatic heterocycles. The van der Waals surface area contributed by atoms with Gasteiger partial charge in [-0.15, -0.1) is 0 Å². The highest BCUT2D eigenvalue weighted by atomic mass is 32.2. The largest absolute Gasteiger partial charge is 0.300 e. The molecular formula is C9H18O2S. The zero-order valence-corrected chi connectivity index (χ0v) is 9.16. The first-order valence-corrected chi connectivity index (χ1v) is 5.54. The summed E-state index contributed by atoms with van der Waals surface area (Å²) in [5, 5.41) is 0. The summed E-state index contributed by atoms with van der Waals surface area (Å²) in [6.45, 7) is 7.44. The van der Waals surface area contributed by atoms with E-state index in [2.05, 4.69) is 0 Å². The van der Waals surface area contributed by atoms with Crippen LogP contribution in [-0.2, 0) is 15.6 Å². The summed E-state index contributed by atoms with van der Waals surface area (Å²) in [6.07, 6.45) is 1.31. The molecule has 72 valence electrons. The monoisotopic (exact) mass is 190 g/mol. The quantitative estimate of drug-likeness (QED) is 0.678. The summed E-state index contributed by atoms with van der Waals surface area (Å²) in [5.41, 5.74) is 0. The predicted octanol–water partition coefficient (Wildman–Crippen LogP) is 1.90. The number of rotatable bonds is 4. The molecule has 0 aromatic carbocycles. The smallest absolute Gasteiger partial charge is 0.129 e. The van der Waals surface area contributed by atoms with Crippen LogP contribution in [0, 0.1) is 0 Å². The molecule has 1 atom stereocenters. The Labute approximate surface area is 77.2 Å². The van der Waals surface area contributed by atoms with Crippen molar-refractivity contribution in [3.63, 3.8) is 0 Å². The first-order chi connectivity index (χ1) is 5.34. The minimum atomic E-state index is -0.806. The van der Waals surface area contributed by atoms with Crippen LogP contribution in [0.15, 0.2) is 0 Å². The summed E-state index contributed by atoms with van der Waals surface area (Å²) in [6, 6.07) is 0. The molecule has 0 amide bonds. The first kappa shape index (κ1) is 11.8. The molecule has 0 fully saturated rings. The van der Waals surface area contributed by atoms with E-state index in [0.29, 0.717) is 12.2 Å². The molecule has 0 N–H and O–H groups in total. The molecular weight excluding hydrogens is 172 g/mol.